The molecule has 17 heavy (non-hydrogen) atoms. The van der Waals surface area contributed by atoms with Gasteiger partial charge in [-0.15, -0.1) is 0 Å². The maximum Gasteiger partial charge on any atom is 0.218 e. The van der Waals surface area contributed by atoms with Crippen molar-refractivity contribution in [1.29, 1.82) is 0 Å². The Hall–Kier alpha value is -0.830. The van der Waals surface area contributed by atoms with Crippen molar-refractivity contribution in [3.05, 3.63) is 17.0 Å². The van der Waals surface area contributed by atoms with Gasteiger partial charge in [-0.25, -0.2) is 4.98 Å². The van der Waals surface area contributed by atoms with Crippen molar-refractivity contribution in [2.24, 2.45) is 0 Å². The normalized spacial score (nSPS) is 17.8. The van der Waals surface area contributed by atoms with Gasteiger partial charge in [0.05, 0.1) is 0 Å². The zero-order valence-electron chi connectivity index (χ0n) is 10.3. The standard InChI is InChI=1S/C13H19ClN2O/c1-2-12-15-11(14)9-13(16-12)17-10-7-5-3-4-6-8-10/h9-10H,2-8H2,1H3. The summed E-state index contributed by atoms with van der Waals surface area (Å²) in [4.78, 5) is 8.50. The molecule has 1 heterocycles. The van der Waals surface area contributed by atoms with E-state index in [9.17, 15) is 0 Å². The number of aryl methyl sites for hydroxylation is 1. The first-order chi connectivity index (χ1) is 8.28. The summed E-state index contributed by atoms with van der Waals surface area (Å²) in [5.41, 5.74) is 0. The summed E-state index contributed by atoms with van der Waals surface area (Å²) in [5, 5.41) is 0.473. The molecule has 1 fully saturated rings. The number of rotatable bonds is 3. The minimum atomic E-state index is 0.299. The molecule has 0 unspecified atom stereocenters. The second-order valence-electron chi connectivity index (χ2n) is 4.53. The predicted octanol–water partition coefficient (Wildman–Crippen LogP) is 3.79. The van der Waals surface area contributed by atoms with Gasteiger partial charge in [0.1, 0.15) is 17.1 Å². The first-order valence-corrected chi connectivity index (χ1v) is 6.86. The molecule has 0 aliphatic heterocycles. The van der Waals surface area contributed by atoms with E-state index in [1.54, 1.807) is 6.07 Å². The summed E-state index contributed by atoms with van der Waals surface area (Å²) in [5.74, 6) is 1.38. The van der Waals surface area contributed by atoms with Gasteiger partial charge >= 0.3 is 0 Å². The molecule has 0 aromatic carbocycles. The number of halogens is 1. The number of hydrogen-bond donors (Lipinski definition) is 0. The zero-order chi connectivity index (χ0) is 12.1. The number of aromatic nitrogens is 2. The molecule has 4 heteroatoms. The fraction of sp³-hybridized carbons (Fsp3) is 0.692. The highest BCUT2D eigenvalue weighted by molar-refractivity contribution is 6.29. The van der Waals surface area contributed by atoms with Gasteiger partial charge in [0.2, 0.25) is 5.88 Å². The van der Waals surface area contributed by atoms with E-state index in [1.807, 2.05) is 6.92 Å². The molecule has 0 saturated heterocycles. The van der Waals surface area contributed by atoms with E-state index in [-0.39, 0.29) is 0 Å². The maximum atomic E-state index is 5.95. The van der Waals surface area contributed by atoms with E-state index in [0.717, 1.165) is 25.1 Å². The fourth-order valence-corrected chi connectivity index (χ4v) is 2.38. The third kappa shape index (κ3) is 3.84. The van der Waals surface area contributed by atoms with E-state index >= 15 is 0 Å². The summed E-state index contributed by atoms with van der Waals surface area (Å²) in [6, 6.07) is 1.71. The van der Waals surface area contributed by atoms with Crippen LogP contribution < -0.4 is 4.74 Å². The highest BCUT2D eigenvalue weighted by Crippen LogP contribution is 2.23. The lowest BCUT2D eigenvalue weighted by atomic mass is 10.1. The Bertz CT molecular complexity index is 362. The summed E-state index contributed by atoms with van der Waals surface area (Å²) in [7, 11) is 0. The lowest BCUT2D eigenvalue weighted by Gasteiger charge is -2.16. The maximum absolute atomic E-state index is 5.95. The van der Waals surface area contributed by atoms with Gasteiger partial charge in [-0.3, -0.25) is 0 Å². The Kier molecular flexibility index (Phi) is 4.60. The highest BCUT2D eigenvalue weighted by Gasteiger charge is 2.15. The molecule has 1 saturated carbocycles. The van der Waals surface area contributed by atoms with Crippen molar-refractivity contribution in [1.82, 2.24) is 9.97 Å². The van der Waals surface area contributed by atoms with Crippen molar-refractivity contribution >= 4 is 11.6 Å². The Morgan fingerprint density at radius 3 is 2.59 bits per heavy atom. The minimum absolute atomic E-state index is 0.299. The molecule has 1 aliphatic carbocycles. The number of nitrogens with zero attached hydrogens (tertiary/aromatic N) is 2. The molecular weight excluding hydrogens is 236 g/mol. The van der Waals surface area contributed by atoms with Gasteiger partial charge in [-0.05, 0) is 25.7 Å². The molecule has 0 bridgehead atoms. The molecule has 1 aromatic rings. The van der Waals surface area contributed by atoms with Gasteiger partial charge in [0.15, 0.2) is 0 Å². The Morgan fingerprint density at radius 1 is 1.24 bits per heavy atom. The summed E-state index contributed by atoms with van der Waals surface area (Å²) >= 11 is 5.95. The Labute approximate surface area is 108 Å². The van der Waals surface area contributed by atoms with Crippen molar-refractivity contribution in [3.63, 3.8) is 0 Å². The first kappa shape index (κ1) is 12.6. The molecule has 1 aromatic heterocycles. The molecular formula is C13H19ClN2O. The van der Waals surface area contributed by atoms with Crippen LogP contribution in [0.15, 0.2) is 6.07 Å². The fourth-order valence-electron chi connectivity index (χ4n) is 2.19. The largest absolute Gasteiger partial charge is 0.474 e. The van der Waals surface area contributed by atoms with E-state index in [0.29, 0.717) is 17.1 Å². The Balaban J connectivity index is 2.03. The minimum Gasteiger partial charge on any atom is -0.474 e. The van der Waals surface area contributed by atoms with E-state index < -0.39 is 0 Å². The molecule has 0 radical (unpaired) electrons. The van der Waals surface area contributed by atoms with Crippen LogP contribution in [0.2, 0.25) is 5.15 Å². The van der Waals surface area contributed by atoms with Crippen LogP contribution in [0.4, 0.5) is 0 Å². The average molecular weight is 255 g/mol. The molecule has 0 N–H and O–H groups in total. The van der Waals surface area contributed by atoms with Crippen LogP contribution in [0.25, 0.3) is 0 Å². The first-order valence-electron chi connectivity index (χ1n) is 6.48. The number of hydrogen-bond acceptors (Lipinski definition) is 3. The van der Waals surface area contributed by atoms with Crippen LogP contribution in [-0.2, 0) is 6.42 Å². The molecule has 0 amide bonds. The monoisotopic (exact) mass is 254 g/mol. The highest BCUT2D eigenvalue weighted by atomic mass is 35.5. The second kappa shape index (κ2) is 6.20. The lowest BCUT2D eigenvalue weighted by molar-refractivity contribution is 0.175. The third-order valence-electron chi connectivity index (χ3n) is 3.12. The third-order valence-corrected chi connectivity index (χ3v) is 3.32. The second-order valence-corrected chi connectivity index (χ2v) is 4.92. The summed E-state index contributed by atoms with van der Waals surface area (Å²) in [6.45, 7) is 2.01. The molecule has 1 aliphatic rings. The van der Waals surface area contributed by atoms with Gasteiger partial charge in [-0.2, -0.15) is 4.98 Å². The predicted molar refractivity (Wildman–Crippen MR) is 68.5 cm³/mol. The Morgan fingerprint density at radius 2 is 1.94 bits per heavy atom. The SMILES string of the molecule is CCc1nc(Cl)cc(OC2CCCCCC2)n1. The summed E-state index contributed by atoms with van der Waals surface area (Å²) < 4.78 is 5.92. The van der Waals surface area contributed by atoms with E-state index in [1.165, 1.54) is 25.7 Å². The van der Waals surface area contributed by atoms with E-state index in [2.05, 4.69) is 9.97 Å². The zero-order valence-corrected chi connectivity index (χ0v) is 11.0. The van der Waals surface area contributed by atoms with Crippen molar-refractivity contribution in [2.45, 2.75) is 58.0 Å². The molecule has 94 valence electrons. The van der Waals surface area contributed by atoms with Crippen LogP contribution in [-0.4, -0.2) is 16.1 Å². The van der Waals surface area contributed by atoms with Crippen LogP contribution in [0.1, 0.15) is 51.3 Å². The number of ether oxygens (including phenoxy) is 1. The van der Waals surface area contributed by atoms with Crippen molar-refractivity contribution < 1.29 is 4.74 Å². The van der Waals surface area contributed by atoms with Gasteiger partial charge in [0, 0.05) is 12.5 Å². The topological polar surface area (TPSA) is 35.0 Å². The molecule has 3 nitrogen and oxygen atoms in total. The quantitative estimate of drug-likeness (QED) is 0.608. The molecule has 0 spiro atoms. The van der Waals surface area contributed by atoms with Crippen molar-refractivity contribution in [2.75, 3.05) is 0 Å². The van der Waals surface area contributed by atoms with Gasteiger partial charge in [-0.1, -0.05) is 31.4 Å². The molecule has 0 atom stereocenters. The van der Waals surface area contributed by atoms with E-state index in [4.69, 9.17) is 16.3 Å². The summed E-state index contributed by atoms with van der Waals surface area (Å²) in [6.07, 6.45) is 8.49. The lowest BCUT2D eigenvalue weighted by Crippen LogP contribution is -2.16. The van der Waals surface area contributed by atoms with Crippen molar-refractivity contribution in [3.8, 4) is 5.88 Å². The van der Waals surface area contributed by atoms with Gasteiger partial charge < -0.3 is 4.74 Å². The van der Waals surface area contributed by atoms with Crippen LogP contribution in [0, 0.1) is 0 Å². The molecule has 2 rings (SSSR count). The average Bonchev–Trinajstić information content (AvgIpc) is 2.57. The van der Waals surface area contributed by atoms with Crippen LogP contribution in [0.5, 0.6) is 5.88 Å². The smallest absolute Gasteiger partial charge is 0.218 e. The van der Waals surface area contributed by atoms with Gasteiger partial charge in [0.25, 0.3) is 0 Å². The van der Waals surface area contributed by atoms with Crippen LogP contribution >= 0.6 is 11.6 Å². The van der Waals surface area contributed by atoms with Crippen LogP contribution in [0.3, 0.4) is 0 Å².